The average molecular weight is 216 g/mol. The first-order valence-corrected chi connectivity index (χ1v) is 5.23. The smallest absolute Gasteiger partial charge is 0.250 e. The lowest BCUT2D eigenvalue weighted by Gasteiger charge is -2.11. The quantitative estimate of drug-likeness (QED) is 0.815. The maximum absolute atomic E-state index is 11.3. The van der Waals surface area contributed by atoms with E-state index in [1.165, 1.54) is 6.33 Å². The molecule has 0 bridgehead atoms. The zero-order chi connectivity index (χ0) is 11.3. The number of rotatable bonds is 2. The third-order valence-electron chi connectivity index (χ3n) is 3.29. The normalized spacial score (nSPS) is 17.6. The maximum atomic E-state index is 11.3. The maximum Gasteiger partial charge on any atom is 0.250 e. The molecule has 2 aromatic rings. The molecule has 1 aliphatic rings. The number of carbonyl (C=O) groups is 1. The minimum atomic E-state index is -0.428. The summed E-state index contributed by atoms with van der Waals surface area (Å²) in [6.45, 7) is 2.15. The molecule has 0 atom stereocenters. The van der Waals surface area contributed by atoms with Gasteiger partial charge in [0.15, 0.2) is 0 Å². The summed E-state index contributed by atoms with van der Waals surface area (Å²) in [5.41, 5.74) is 6.75. The van der Waals surface area contributed by atoms with Gasteiger partial charge in [0, 0.05) is 17.9 Å². The Morgan fingerprint density at radius 2 is 2.31 bits per heavy atom. The third kappa shape index (κ3) is 1.14. The van der Waals surface area contributed by atoms with Gasteiger partial charge in [-0.05, 0) is 19.8 Å². The Morgan fingerprint density at radius 3 is 2.94 bits per heavy atom. The first-order chi connectivity index (χ1) is 7.62. The van der Waals surface area contributed by atoms with Gasteiger partial charge in [0.1, 0.15) is 12.0 Å². The second kappa shape index (κ2) is 2.81. The third-order valence-corrected chi connectivity index (χ3v) is 3.29. The number of carbonyl (C=O) groups excluding carboxylic acids is 1. The van der Waals surface area contributed by atoms with Crippen molar-refractivity contribution in [3.8, 4) is 0 Å². The SMILES string of the molecule is CC1(n2cc(C(N)=O)c3cncnc32)CC1. The summed E-state index contributed by atoms with van der Waals surface area (Å²) >= 11 is 0. The van der Waals surface area contributed by atoms with Crippen LogP contribution >= 0.6 is 0 Å². The van der Waals surface area contributed by atoms with E-state index in [2.05, 4.69) is 16.9 Å². The van der Waals surface area contributed by atoms with Crippen LogP contribution in [0.25, 0.3) is 11.0 Å². The molecule has 16 heavy (non-hydrogen) atoms. The van der Waals surface area contributed by atoms with E-state index in [4.69, 9.17) is 5.73 Å². The fourth-order valence-electron chi connectivity index (χ4n) is 1.99. The molecule has 1 aliphatic carbocycles. The van der Waals surface area contributed by atoms with Gasteiger partial charge in [-0.15, -0.1) is 0 Å². The highest BCUT2D eigenvalue weighted by atomic mass is 16.1. The van der Waals surface area contributed by atoms with Gasteiger partial charge in [-0.3, -0.25) is 4.79 Å². The van der Waals surface area contributed by atoms with Crippen LogP contribution in [-0.2, 0) is 5.54 Å². The highest BCUT2D eigenvalue weighted by molar-refractivity contribution is 6.05. The number of primary amides is 1. The number of nitrogens with zero attached hydrogens (tertiary/aromatic N) is 3. The predicted molar refractivity (Wildman–Crippen MR) is 58.9 cm³/mol. The van der Waals surface area contributed by atoms with Crippen molar-refractivity contribution in [2.24, 2.45) is 5.73 Å². The first kappa shape index (κ1) is 9.33. The Hall–Kier alpha value is -1.91. The van der Waals surface area contributed by atoms with Crippen LogP contribution in [0.5, 0.6) is 0 Å². The lowest BCUT2D eigenvalue weighted by Crippen LogP contribution is -2.13. The van der Waals surface area contributed by atoms with Gasteiger partial charge in [-0.2, -0.15) is 0 Å². The van der Waals surface area contributed by atoms with Crippen molar-refractivity contribution in [2.45, 2.75) is 25.3 Å². The van der Waals surface area contributed by atoms with Crippen molar-refractivity contribution in [1.82, 2.24) is 14.5 Å². The van der Waals surface area contributed by atoms with E-state index in [1.807, 2.05) is 4.57 Å². The Balaban J connectivity index is 2.34. The first-order valence-electron chi connectivity index (χ1n) is 5.23. The van der Waals surface area contributed by atoms with E-state index in [0.29, 0.717) is 5.56 Å². The zero-order valence-corrected chi connectivity index (χ0v) is 8.97. The summed E-state index contributed by atoms with van der Waals surface area (Å²) in [4.78, 5) is 19.5. The molecule has 1 saturated carbocycles. The summed E-state index contributed by atoms with van der Waals surface area (Å²) in [6, 6.07) is 0. The number of nitrogens with two attached hydrogens (primary N) is 1. The predicted octanol–water partition coefficient (Wildman–Crippen LogP) is 1.04. The Labute approximate surface area is 92.3 Å². The van der Waals surface area contributed by atoms with Crippen LogP contribution in [0, 0.1) is 0 Å². The number of aromatic nitrogens is 3. The van der Waals surface area contributed by atoms with Crippen LogP contribution in [0.3, 0.4) is 0 Å². The molecule has 5 heteroatoms. The van der Waals surface area contributed by atoms with Crippen LogP contribution in [-0.4, -0.2) is 20.4 Å². The van der Waals surface area contributed by atoms with Crippen LogP contribution in [0.1, 0.15) is 30.1 Å². The highest BCUT2D eigenvalue weighted by Gasteiger charge is 2.40. The van der Waals surface area contributed by atoms with Crippen molar-refractivity contribution >= 4 is 16.9 Å². The number of fused-ring (bicyclic) bond motifs is 1. The van der Waals surface area contributed by atoms with E-state index >= 15 is 0 Å². The Morgan fingerprint density at radius 1 is 1.56 bits per heavy atom. The molecule has 82 valence electrons. The van der Waals surface area contributed by atoms with Crippen LogP contribution in [0.4, 0.5) is 0 Å². The van der Waals surface area contributed by atoms with E-state index in [1.54, 1.807) is 12.4 Å². The molecule has 2 heterocycles. The Bertz CT molecular complexity index is 583. The molecular formula is C11H12N4O. The fourth-order valence-corrected chi connectivity index (χ4v) is 1.99. The Kier molecular flexibility index (Phi) is 1.64. The summed E-state index contributed by atoms with van der Waals surface area (Å²) < 4.78 is 2.05. The van der Waals surface area contributed by atoms with Crippen LogP contribution in [0.2, 0.25) is 0 Å². The summed E-state index contributed by atoms with van der Waals surface area (Å²) in [7, 11) is 0. The van der Waals surface area contributed by atoms with Crippen molar-refractivity contribution < 1.29 is 4.79 Å². The van der Waals surface area contributed by atoms with Gasteiger partial charge in [-0.25, -0.2) is 9.97 Å². The molecule has 2 aromatic heterocycles. The average Bonchev–Trinajstić information content (AvgIpc) is 2.89. The molecule has 2 N–H and O–H groups in total. The molecule has 3 rings (SSSR count). The van der Waals surface area contributed by atoms with Crippen LogP contribution < -0.4 is 5.73 Å². The van der Waals surface area contributed by atoms with Gasteiger partial charge >= 0.3 is 0 Å². The van der Waals surface area contributed by atoms with E-state index in [0.717, 1.165) is 23.9 Å². The van der Waals surface area contributed by atoms with Gasteiger partial charge < -0.3 is 10.3 Å². The van der Waals surface area contributed by atoms with Gasteiger partial charge in [0.25, 0.3) is 5.91 Å². The number of amides is 1. The lowest BCUT2D eigenvalue weighted by atomic mass is 10.2. The molecule has 0 radical (unpaired) electrons. The standard InChI is InChI=1S/C11H12N4O/c1-11(2-3-11)15-5-8(9(12)16)7-4-13-6-14-10(7)15/h4-6H,2-3H2,1H3,(H2,12,16). The number of hydrogen-bond donors (Lipinski definition) is 1. The lowest BCUT2D eigenvalue weighted by molar-refractivity contribution is 0.100. The van der Waals surface area contributed by atoms with Crippen LogP contribution in [0.15, 0.2) is 18.7 Å². The van der Waals surface area contributed by atoms with Gasteiger partial charge in [0.05, 0.1) is 10.9 Å². The molecule has 1 amide bonds. The monoisotopic (exact) mass is 216 g/mol. The van der Waals surface area contributed by atoms with E-state index in [-0.39, 0.29) is 5.54 Å². The fraction of sp³-hybridized carbons (Fsp3) is 0.364. The second-order valence-corrected chi connectivity index (χ2v) is 4.53. The summed E-state index contributed by atoms with van der Waals surface area (Å²) in [5.74, 6) is -0.428. The molecule has 5 nitrogen and oxygen atoms in total. The molecule has 0 aliphatic heterocycles. The largest absolute Gasteiger partial charge is 0.366 e. The van der Waals surface area contributed by atoms with Gasteiger partial charge in [-0.1, -0.05) is 0 Å². The summed E-state index contributed by atoms with van der Waals surface area (Å²) in [6.07, 6.45) is 7.16. The van der Waals surface area contributed by atoms with Crippen molar-refractivity contribution in [3.05, 3.63) is 24.3 Å². The minimum Gasteiger partial charge on any atom is -0.366 e. The minimum absolute atomic E-state index is 0.0975. The van der Waals surface area contributed by atoms with E-state index in [9.17, 15) is 4.79 Å². The highest BCUT2D eigenvalue weighted by Crippen LogP contribution is 2.44. The molecule has 1 fully saturated rings. The topological polar surface area (TPSA) is 73.8 Å². The van der Waals surface area contributed by atoms with Crippen molar-refractivity contribution in [1.29, 1.82) is 0 Å². The van der Waals surface area contributed by atoms with E-state index < -0.39 is 5.91 Å². The van der Waals surface area contributed by atoms with Crippen molar-refractivity contribution in [2.75, 3.05) is 0 Å². The zero-order valence-electron chi connectivity index (χ0n) is 8.97. The van der Waals surface area contributed by atoms with Gasteiger partial charge in [0.2, 0.25) is 0 Å². The molecule has 0 unspecified atom stereocenters. The number of hydrogen-bond acceptors (Lipinski definition) is 3. The molecule has 0 saturated heterocycles. The molecule has 0 aromatic carbocycles. The second-order valence-electron chi connectivity index (χ2n) is 4.53. The summed E-state index contributed by atoms with van der Waals surface area (Å²) in [5, 5.41) is 0.739. The molecular weight excluding hydrogens is 204 g/mol. The van der Waals surface area contributed by atoms with Crippen molar-refractivity contribution in [3.63, 3.8) is 0 Å². The molecule has 0 spiro atoms.